The van der Waals surface area contributed by atoms with E-state index in [4.69, 9.17) is 9.72 Å². The standard InChI is InChI=1S/C21H28N6O2/c1-13-4-5-16(10-14(13)2)24-20-25-18(11-19(28)26-20)17-12-22-21(23-15(17)3)27-6-8-29-9-7-27/h4-5,10,12,18,20,24-25H,6-9,11H2,1-3H3,(H,26,28). The maximum absolute atomic E-state index is 12.3. The molecule has 2 aliphatic rings. The molecule has 154 valence electrons. The first-order chi connectivity index (χ1) is 14.0. The number of hydrogen-bond donors (Lipinski definition) is 3. The number of morpholine rings is 1. The zero-order valence-electron chi connectivity index (χ0n) is 17.2. The Balaban J connectivity index is 1.48. The number of aryl methyl sites for hydroxylation is 3. The van der Waals surface area contributed by atoms with Crippen LogP contribution >= 0.6 is 0 Å². The Hall–Kier alpha value is -2.71. The van der Waals surface area contributed by atoms with E-state index in [2.05, 4.69) is 51.8 Å². The SMILES string of the molecule is Cc1ccc(NC2NC(=O)CC(c3cnc(N4CCOCC4)nc3C)N2)cc1C. The maximum Gasteiger partial charge on any atom is 0.225 e. The van der Waals surface area contributed by atoms with Gasteiger partial charge in [-0.25, -0.2) is 9.97 Å². The lowest BCUT2D eigenvalue weighted by Crippen LogP contribution is -2.56. The highest BCUT2D eigenvalue weighted by Crippen LogP contribution is 2.24. The highest BCUT2D eigenvalue weighted by Gasteiger charge is 2.29. The monoisotopic (exact) mass is 396 g/mol. The van der Waals surface area contributed by atoms with Crippen molar-refractivity contribution >= 4 is 17.5 Å². The van der Waals surface area contributed by atoms with Gasteiger partial charge < -0.3 is 20.3 Å². The van der Waals surface area contributed by atoms with Gasteiger partial charge in [0.15, 0.2) is 6.29 Å². The van der Waals surface area contributed by atoms with Crippen LogP contribution in [0.25, 0.3) is 0 Å². The molecular weight excluding hydrogens is 368 g/mol. The zero-order chi connectivity index (χ0) is 20.4. The molecule has 2 saturated heterocycles. The van der Waals surface area contributed by atoms with Gasteiger partial charge in [0.05, 0.1) is 13.2 Å². The average molecular weight is 396 g/mol. The predicted octanol–water partition coefficient (Wildman–Crippen LogP) is 1.78. The Morgan fingerprint density at radius 2 is 1.97 bits per heavy atom. The molecule has 1 aromatic carbocycles. The van der Waals surface area contributed by atoms with Gasteiger partial charge >= 0.3 is 0 Å². The number of anilines is 2. The highest BCUT2D eigenvalue weighted by atomic mass is 16.5. The van der Waals surface area contributed by atoms with E-state index in [1.54, 1.807) is 0 Å². The molecule has 2 unspecified atom stereocenters. The first kappa shape index (κ1) is 19.6. The lowest BCUT2D eigenvalue weighted by atomic mass is 10.0. The van der Waals surface area contributed by atoms with Crippen LogP contribution < -0.4 is 20.9 Å². The Bertz CT molecular complexity index is 897. The minimum atomic E-state index is -0.360. The van der Waals surface area contributed by atoms with Crippen LogP contribution in [-0.4, -0.2) is 48.5 Å². The van der Waals surface area contributed by atoms with E-state index in [-0.39, 0.29) is 18.2 Å². The Morgan fingerprint density at radius 1 is 1.17 bits per heavy atom. The van der Waals surface area contributed by atoms with Crippen LogP contribution in [0.2, 0.25) is 0 Å². The molecule has 1 aromatic heterocycles. The lowest BCUT2D eigenvalue weighted by Gasteiger charge is -2.33. The topological polar surface area (TPSA) is 91.4 Å². The summed E-state index contributed by atoms with van der Waals surface area (Å²) in [5.41, 5.74) is 5.24. The van der Waals surface area contributed by atoms with Gasteiger partial charge in [0.25, 0.3) is 0 Å². The number of carbonyl (C=O) groups excluding carboxylic acids is 1. The number of rotatable bonds is 4. The lowest BCUT2D eigenvalue weighted by molar-refractivity contribution is -0.124. The normalized spacial score (nSPS) is 22.3. The van der Waals surface area contributed by atoms with Gasteiger partial charge in [-0.1, -0.05) is 6.07 Å². The van der Waals surface area contributed by atoms with Gasteiger partial charge in [-0.05, 0) is 44.0 Å². The van der Waals surface area contributed by atoms with Gasteiger partial charge in [0, 0.05) is 48.7 Å². The summed E-state index contributed by atoms with van der Waals surface area (Å²) in [7, 11) is 0. The minimum Gasteiger partial charge on any atom is -0.378 e. The van der Waals surface area contributed by atoms with Crippen LogP contribution in [0.15, 0.2) is 24.4 Å². The molecule has 4 rings (SSSR count). The van der Waals surface area contributed by atoms with E-state index >= 15 is 0 Å². The second-order valence-electron chi connectivity index (χ2n) is 7.68. The summed E-state index contributed by atoms with van der Waals surface area (Å²) in [5, 5.41) is 9.78. The summed E-state index contributed by atoms with van der Waals surface area (Å²) in [6.07, 6.45) is 1.84. The van der Waals surface area contributed by atoms with Gasteiger partial charge in [-0.3, -0.25) is 10.1 Å². The van der Waals surface area contributed by atoms with E-state index in [9.17, 15) is 4.79 Å². The smallest absolute Gasteiger partial charge is 0.225 e. The minimum absolute atomic E-state index is 0.00765. The molecule has 8 heteroatoms. The van der Waals surface area contributed by atoms with Gasteiger partial charge in [0.2, 0.25) is 11.9 Å². The molecule has 2 aliphatic heterocycles. The predicted molar refractivity (Wildman–Crippen MR) is 112 cm³/mol. The Morgan fingerprint density at radius 3 is 2.69 bits per heavy atom. The fourth-order valence-corrected chi connectivity index (χ4v) is 3.70. The quantitative estimate of drug-likeness (QED) is 0.726. The number of hydrogen-bond acceptors (Lipinski definition) is 7. The van der Waals surface area contributed by atoms with Crippen molar-refractivity contribution in [1.82, 2.24) is 20.6 Å². The largest absolute Gasteiger partial charge is 0.378 e. The van der Waals surface area contributed by atoms with Crippen LogP contribution in [0.5, 0.6) is 0 Å². The number of carbonyl (C=O) groups is 1. The number of nitrogens with zero attached hydrogens (tertiary/aromatic N) is 3. The third kappa shape index (κ3) is 4.49. The summed E-state index contributed by atoms with van der Waals surface area (Å²) in [4.78, 5) is 23.7. The van der Waals surface area contributed by atoms with Crippen molar-refractivity contribution in [3.05, 3.63) is 46.8 Å². The van der Waals surface area contributed by atoms with Gasteiger partial charge in [0.1, 0.15) is 0 Å². The van der Waals surface area contributed by atoms with E-state index in [0.29, 0.717) is 19.6 Å². The van der Waals surface area contributed by atoms with Crippen molar-refractivity contribution < 1.29 is 9.53 Å². The average Bonchev–Trinajstić information content (AvgIpc) is 2.71. The Kier molecular flexibility index (Phi) is 5.64. The molecule has 2 atom stereocenters. The van der Waals surface area contributed by atoms with Crippen molar-refractivity contribution in [2.75, 3.05) is 36.5 Å². The van der Waals surface area contributed by atoms with Crippen molar-refractivity contribution in [2.24, 2.45) is 0 Å². The van der Waals surface area contributed by atoms with E-state index in [1.165, 1.54) is 11.1 Å². The fourth-order valence-electron chi connectivity index (χ4n) is 3.70. The molecule has 2 fully saturated rings. The molecule has 0 saturated carbocycles. The number of benzene rings is 1. The summed E-state index contributed by atoms with van der Waals surface area (Å²) < 4.78 is 5.40. The fraction of sp³-hybridized carbons (Fsp3) is 0.476. The van der Waals surface area contributed by atoms with Crippen molar-refractivity contribution in [3.63, 3.8) is 0 Å². The number of amides is 1. The maximum atomic E-state index is 12.3. The molecule has 0 radical (unpaired) electrons. The molecule has 2 aromatic rings. The third-order valence-corrected chi connectivity index (χ3v) is 5.55. The van der Waals surface area contributed by atoms with Gasteiger partial charge in [-0.15, -0.1) is 0 Å². The number of nitrogens with one attached hydrogen (secondary N) is 3. The van der Waals surface area contributed by atoms with E-state index in [0.717, 1.165) is 36.0 Å². The molecule has 0 spiro atoms. The van der Waals surface area contributed by atoms with Crippen LogP contribution in [0.1, 0.15) is 34.8 Å². The zero-order valence-corrected chi connectivity index (χ0v) is 17.2. The first-order valence-electron chi connectivity index (χ1n) is 10.0. The van der Waals surface area contributed by atoms with Crippen LogP contribution in [-0.2, 0) is 9.53 Å². The summed E-state index contributed by atoms with van der Waals surface area (Å²) >= 11 is 0. The Labute approximate surface area is 171 Å². The second kappa shape index (κ2) is 8.34. The second-order valence-corrected chi connectivity index (χ2v) is 7.68. The molecule has 0 bridgehead atoms. The van der Waals surface area contributed by atoms with Crippen molar-refractivity contribution in [3.8, 4) is 0 Å². The summed E-state index contributed by atoms with van der Waals surface area (Å²) in [6, 6.07) is 6.03. The molecule has 3 N–H and O–H groups in total. The molecular formula is C21H28N6O2. The molecule has 0 aliphatic carbocycles. The third-order valence-electron chi connectivity index (χ3n) is 5.55. The molecule has 29 heavy (non-hydrogen) atoms. The van der Waals surface area contributed by atoms with E-state index < -0.39 is 0 Å². The number of aromatic nitrogens is 2. The molecule has 3 heterocycles. The summed E-state index contributed by atoms with van der Waals surface area (Å²) in [6.45, 7) is 9.11. The molecule has 8 nitrogen and oxygen atoms in total. The number of ether oxygens (including phenoxy) is 1. The highest BCUT2D eigenvalue weighted by molar-refractivity contribution is 5.78. The molecule has 1 amide bonds. The van der Waals surface area contributed by atoms with Gasteiger partial charge in [-0.2, -0.15) is 0 Å². The van der Waals surface area contributed by atoms with Crippen LogP contribution in [0, 0.1) is 20.8 Å². The van der Waals surface area contributed by atoms with E-state index in [1.807, 2.05) is 19.2 Å². The van der Waals surface area contributed by atoms with Crippen LogP contribution in [0.3, 0.4) is 0 Å². The van der Waals surface area contributed by atoms with Crippen LogP contribution in [0.4, 0.5) is 11.6 Å². The van der Waals surface area contributed by atoms with Crippen molar-refractivity contribution in [2.45, 2.75) is 39.5 Å². The first-order valence-corrected chi connectivity index (χ1v) is 10.0. The summed E-state index contributed by atoms with van der Waals surface area (Å²) in [5.74, 6) is 0.714. The van der Waals surface area contributed by atoms with Crippen molar-refractivity contribution in [1.29, 1.82) is 0 Å².